The topological polar surface area (TPSA) is 35.5 Å². The van der Waals surface area contributed by atoms with Crippen molar-refractivity contribution in [3.8, 4) is 11.5 Å². The molecule has 3 heteroatoms. The molecule has 0 saturated carbocycles. The second-order valence-corrected chi connectivity index (χ2v) is 3.24. The molecule has 1 aliphatic heterocycles. The maximum absolute atomic E-state index is 11.7. The summed E-state index contributed by atoms with van der Waals surface area (Å²) in [6, 6.07) is 5.30. The van der Waals surface area contributed by atoms with Gasteiger partial charge < -0.3 is 9.47 Å². The summed E-state index contributed by atoms with van der Waals surface area (Å²) in [6.07, 6.45) is 0.396. The van der Waals surface area contributed by atoms with E-state index >= 15 is 0 Å². The summed E-state index contributed by atoms with van der Waals surface area (Å²) in [6.45, 7) is 1.94. The Morgan fingerprint density at radius 2 is 2.29 bits per heavy atom. The number of Topliss-reactive ketones (excluding diaryl/α,β-unsaturated/α-hetero) is 1. The predicted octanol–water partition coefficient (Wildman–Crippen LogP) is 2.05. The third-order valence-corrected chi connectivity index (χ3v) is 2.38. The maximum atomic E-state index is 11.7. The number of ether oxygens (including phenoxy) is 2. The van der Waals surface area contributed by atoms with Crippen LogP contribution in [0.2, 0.25) is 0 Å². The largest absolute Gasteiger partial charge is 0.497 e. The van der Waals surface area contributed by atoms with Crippen molar-refractivity contribution in [2.24, 2.45) is 0 Å². The van der Waals surface area contributed by atoms with Gasteiger partial charge in [0.15, 0.2) is 6.10 Å². The fraction of sp³-hybridized carbons (Fsp3) is 0.364. The zero-order valence-electron chi connectivity index (χ0n) is 8.24. The number of fused-ring (bicyclic) bond motifs is 1. The van der Waals surface area contributed by atoms with Gasteiger partial charge in [-0.3, -0.25) is 4.79 Å². The monoisotopic (exact) mass is 192 g/mol. The van der Waals surface area contributed by atoms with Crippen molar-refractivity contribution in [3.63, 3.8) is 0 Å². The molecule has 1 unspecified atom stereocenters. The van der Waals surface area contributed by atoms with Gasteiger partial charge in [0.25, 0.3) is 0 Å². The van der Waals surface area contributed by atoms with Gasteiger partial charge in [-0.1, -0.05) is 6.92 Å². The molecule has 0 aliphatic carbocycles. The first kappa shape index (κ1) is 9.06. The number of benzene rings is 1. The molecule has 0 saturated heterocycles. The van der Waals surface area contributed by atoms with Crippen molar-refractivity contribution >= 4 is 5.78 Å². The lowest BCUT2D eigenvalue weighted by molar-refractivity contribution is 0.0853. The molecule has 1 aliphatic rings. The van der Waals surface area contributed by atoms with Crippen LogP contribution in [0, 0.1) is 0 Å². The van der Waals surface area contributed by atoms with Gasteiger partial charge in [0.1, 0.15) is 11.5 Å². The lowest BCUT2D eigenvalue weighted by Gasteiger charge is -2.04. The Morgan fingerprint density at radius 3 is 2.93 bits per heavy atom. The average Bonchev–Trinajstić information content (AvgIpc) is 2.55. The number of carbonyl (C=O) groups excluding carboxylic acids is 1. The minimum atomic E-state index is -0.308. The summed E-state index contributed by atoms with van der Waals surface area (Å²) < 4.78 is 10.5. The van der Waals surface area contributed by atoms with Crippen LogP contribution in [0.25, 0.3) is 0 Å². The third kappa shape index (κ3) is 1.25. The molecule has 74 valence electrons. The highest BCUT2D eigenvalue weighted by atomic mass is 16.5. The van der Waals surface area contributed by atoms with Gasteiger partial charge in [-0.2, -0.15) is 0 Å². The van der Waals surface area contributed by atoms with Crippen molar-refractivity contribution < 1.29 is 14.3 Å². The predicted molar refractivity (Wildman–Crippen MR) is 52.0 cm³/mol. The van der Waals surface area contributed by atoms with E-state index in [2.05, 4.69) is 0 Å². The Morgan fingerprint density at radius 1 is 1.50 bits per heavy atom. The summed E-state index contributed by atoms with van der Waals surface area (Å²) in [5.41, 5.74) is 0.635. The van der Waals surface area contributed by atoms with E-state index in [1.54, 1.807) is 25.3 Å². The molecule has 1 heterocycles. The molecule has 0 bridgehead atoms. The molecule has 0 N–H and O–H groups in total. The molecule has 2 rings (SSSR count). The fourth-order valence-electron chi connectivity index (χ4n) is 1.58. The number of hydrogen-bond donors (Lipinski definition) is 0. The van der Waals surface area contributed by atoms with Crippen LogP contribution in [0.3, 0.4) is 0 Å². The molecule has 1 atom stereocenters. The average molecular weight is 192 g/mol. The summed E-state index contributed by atoms with van der Waals surface area (Å²) in [5.74, 6) is 1.42. The van der Waals surface area contributed by atoms with E-state index in [4.69, 9.17) is 9.47 Å². The Hall–Kier alpha value is -1.51. The maximum Gasteiger partial charge on any atom is 0.207 e. The highest BCUT2D eigenvalue weighted by molar-refractivity contribution is 6.04. The zero-order valence-corrected chi connectivity index (χ0v) is 8.24. The van der Waals surface area contributed by atoms with Gasteiger partial charge in [0.05, 0.1) is 12.7 Å². The van der Waals surface area contributed by atoms with Gasteiger partial charge in [0, 0.05) is 0 Å². The van der Waals surface area contributed by atoms with E-state index in [1.807, 2.05) is 6.92 Å². The van der Waals surface area contributed by atoms with E-state index in [0.29, 0.717) is 23.5 Å². The van der Waals surface area contributed by atoms with Gasteiger partial charge in [-0.15, -0.1) is 0 Å². The SMILES string of the molecule is CCC1Oc2ccc(OC)cc2C1=O. The van der Waals surface area contributed by atoms with Crippen molar-refractivity contribution in [1.29, 1.82) is 0 Å². The van der Waals surface area contributed by atoms with Gasteiger partial charge in [-0.05, 0) is 24.6 Å². The molecule has 1 aromatic rings. The van der Waals surface area contributed by atoms with E-state index in [0.717, 1.165) is 0 Å². The molecule has 1 aromatic carbocycles. The Kier molecular flexibility index (Phi) is 2.15. The minimum absolute atomic E-state index is 0.0569. The third-order valence-electron chi connectivity index (χ3n) is 2.38. The van der Waals surface area contributed by atoms with Gasteiger partial charge in [0.2, 0.25) is 5.78 Å². The van der Waals surface area contributed by atoms with Gasteiger partial charge in [-0.25, -0.2) is 0 Å². The number of ketones is 1. The van der Waals surface area contributed by atoms with Crippen LogP contribution in [-0.4, -0.2) is 19.0 Å². The van der Waals surface area contributed by atoms with Crippen LogP contribution in [0.4, 0.5) is 0 Å². The van der Waals surface area contributed by atoms with Crippen LogP contribution >= 0.6 is 0 Å². The van der Waals surface area contributed by atoms with Crippen molar-refractivity contribution in [2.75, 3.05) is 7.11 Å². The smallest absolute Gasteiger partial charge is 0.207 e. The molecule has 0 radical (unpaired) electrons. The number of hydrogen-bond acceptors (Lipinski definition) is 3. The molecule has 0 aromatic heterocycles. The van der Waals surface area contributed by atoms with E-state index in [1.165, 1.54) is 0 Å². The first-order valence-corrected chi connectivity index (χ1v) is 4.65. The summed E-state index contributed by atoms with van der Waals surface area (Å²) in [4.78, 5) is 11.7. The highest BCUT2D eigenvalue weighted by Crippen LogP contribution is 2.32. The Labute approximate surface area is 82.6 Å². The first-order valence-electron chi connectivity index (χ1n) is 4.65. The summed E-state index contributed by atoms with van der Waals surface area (Å²) >= 11 is 0. The quantitative estimate of drug-likeness (QED) is 0.719. The molecule has 3 nitrogen and oxygen atoms in total. The lowest BCUT2D eigenvalue weighted by atomic mass is 10.1. The van der Waals surface area contributed by atoms with Crippen LogP contribution in [0.5, 0.6) is 11.5 Å². The molecule has 0 fully saturated rings. The first-order chi connectivity index (χ1) is 6.76. The van der Waals surface area contributed by atoms with Crippen molar-refractivity contribution in [3.05, 3.63) is 23.8 Å². The van der Waals surface area contributed by atoms with E-state index in [9.17, 15) is 4.79 Å². The van der Waals surface area contributed by atoms with E-state index in [-0.39, 0.29) is 11.9 Å². The second kappa shape index (κ2) is 3.33. The molecular weight excluding hydrogens is 180 g/mol. The number of methoxy groups -OCH3 is 1. The van der Waals surface area contributed by atoms with Gasteiger partial charge >= 0.3 is 0 Å². The molecule has 14 heavy (non-hydrogen) atoms. The lowest BCUT2D eigenvalue weighted by Crippen LogP contribution is -2.18. The summed E-state index contributed by atoms with van der Waals surface area (Å²) in [5, 5.41) is 0. The van der Waals surface area contributed by atoms with Crippen LogP contribution in [0.15, 0.2) is 18.2 Å². The standard InChI is InChI=1S/C11H12O3/c1-3-9-11(12)8-6-7(13-2)4-5-10(8)14-9/h4-6,9H,3H2,1-2H3. The van der Waals surface area contributed by atoms with Crippen LogP contribution in [-0.2, 0) is 0 Å². The Bertz CT molecular complexity index is 371. The van der Waals surface area contributed by atoms with Crippen molar-refractivity contribution in [2.45, 2.75) is 19.4 Å². The molecule has 0 amide bonds. The van der Waals surface area contributed by atoms with Crippen LogP contribution < -0.4 is 9.47 Å². The highest BCUT2D eigenvalue weighted by Gasteiger charge is 2.30. The number of carbonyl (C=O) groups is 1. The zero-order chi connectivity index (χ0) is 10.1. The minimum Gasteiger partial charge on any atom is -0.497 e. The number of rotatable bonds is 2. The van der Waals surface area contributed by atoms with E-state index < -0.39 is 0 Å². The molecular formula is C11H12O3. The molecule has 0 spiro atoms. The van der Waals surface area contributed by atoms with Crippen LogP contribution in [0.1, 0.15) is 23.7 Å². The Balaban J connectivity index is 2.40. The normalized spacial score (nSPS) is 19.0. The second-order valence-electron chi connectivity index (χ2n) is 3.24. The summed E-state index contributed by atoms with van der Waals surface area (Å²) in [7, 11) is 1.58. The van der Waals surface area contributed by atoms with Crippen molar-refractivity contribution in [1.82, 2.24) is 0 Å². The fourth-order valence-corrected chi connectivity index (χ4v) is 1.58.